The van der Waals surface area contributed by atoms with Gasteiger partial charge in [-0.1, -0.05) is 29.4 Å². The molecule has 0 unspecified atom stereocenters. The van der Waals surface area contributed by atoms with Crippen molar-refractivity contribution in [1.82, 2.24) is 25.1 Å². The van der Waals surface area contributed by atoms with Crippen LogP contribution < -0.4 is 15.0 Å². The fraction of sp³-hybridized carbons (Fsp3) is 0.333. The van der Waals surface area contributed by atoms with Crippen LogP contribution >= 0.6 is 23.4 Å². The molecule has 0 saturated carbocycles. The molecule has 32 heavy (non-hydrogen) atoms. The molecule has 0 atom stereocenters. The minimum Gasteiger partial charge on any atom is -0.497 e. The summed E-state index contributed by atoms with van der Waals surface area (Å²) in [4.78, 5) is 17.2. The predicted molar refractivity (Wildman–Crippen MR) is 126 cm³/mol. The summed E-state index contributed by atoms with van der Waals surface area (Å²) in [6, 6.07) is 12.9. The Labute approximate surface area is 195 Å². The number of hydrogen-bond acceptors (Lipinski definition) is 8. The second kappa shape index (κ2) is 10.2. The van der Waals surface area contributed by atoms with Crippen LogP contribution in [-0.4, -0.2) is 77.1 Å². The van der Waals surface area contributed by atoms with Crippen LogP contribution in [0.1, 0.15) is 0 Å². The van der Waals surface area contributed by atoms with Crippen molar-refractivity contribution < 1.29 is 9.53 Å². The summed E-state index contributed by atoms with van der Waals surface area (Å²) in [5, 5.41) is 16.0. The van der Waals surface area contributed by atoms with Crippen LogP contribution in [0.3, 0.4) is 0 Å². The molecular formula is C21H24ClN7O2S. The molecule has 1 saturated heterocycles. The third kappa shape index (κ3) is 5.14. The average molecular weight is 474 g/mol. The van der Waals surface area contributed by atoms with Gasteiger partial charge in [0.05, 0.1) is 34.9 Å². The van der Waals surface area contributed by atoms with E-state index in [1.54, 1.807) is 11.8 Å². The predicted octanol–water partition coefficient (Wildman–Crippen LogP) is 2.81. The fourth-order valence-electron chi connectivity index (χ4n) is 3.44. The van der Waals surface area contributed by atoms with Crippen molar-refractivity contribution in [2.24, 2.45) is 0 Å². The molecule has 2 aromatic carbocycles. The number of tetrazole rings is 1. The van der Waals surface area contributed by atoms with Gasteiger partial charge in [0.15, 0.2) is 0 Å². The third-order valence-corrected chi connectivity index (χ3v) is 6.39. The zero-order valence-electron chi connectivity index (χ0n) is 17.9. The highest BCUT2D eigenvalue weighted by Gasteiger charge is 2.21. The number of rotatable bonds is 7. The molecular weight excluding hydrogens is 450 g/mol. The van der Waals surface area contributed by atoms with Gasteiger partial charge in [0.25, 0.3) is 0 Å². The van der Waals surface area contributed by atoms with Gasteiger partial charge in [-0.3, -0.25) is 4.79 Å². The molecule has 0 bridgehead atoms. The highest BCUT2D eigenvalue weighted by molar-refractivity contribution is 7.99. The highest BCUT2D eigenvalue weighted by atomic mass is 35.5. The molecule has 2 heterocycles. The first-order valence-electron chi connectivity index (χ1n) is 10.1. The van der Waals surface area contributed by atoms with Crippen LogP contribution in [0.5, 0.6) is 5.75 Å². The molecule has 0 spiro atoms. The zero-order chi connectivity index (χ0) is 22.5. The number of anilines is 2. The normalized spacial score (nSPS) is 14.4. The van der Waals surface area contributed by atoms with Gasteiger partial charge < -0.3 is 19.9 Å². The van der Waals surface area contributed by atoms with Crippen molar-refractivity contribution in [3.05, 3.63) is 47.5 Å². The number of methoxy groups -OCH3 is 1. The first-order valence-corrected chi connectivity index (χ1v) is 11.5. The van der Waals surface area contributed by atoms with Crippen LogP contribution in [0.2, 0.25) is 5.02 Å². The number of ether oxygens (including phenoxy) is 1. The minimum absolute atomic E-state index is 0.156. The maximum Gasteiger partial charge on any atom is 0.234 e. The van der Waals surface area contributed by atoms with Gasteiger partial charge in [0.1, 0.15) is 5.75 Å². The van der Waals surface area contributed by atoms with Crippen molar-refractivity contribution in [2.45, 2.75) is 5.16 Å². The van der Waals surface area contributed by atoms with E-state index in [9.17, 15) is 4.79 Å². The quantitative estimate of drug-likeness (QED) is 0.524. The van der Waals surface area contributed by atoms with Crippen LogP contribution in [0.4, 0.5) is 11.4 Å². The Bertz CT molecular complexity index is 1070. The van der Waals surface area contributed by atoms with E-state index in [4.69, 9.17) is 16.3 Å². The van der Waals surface area contributed by atoms with Crippen molar-refractivity contribution >= 4 is 40.6 Å². The molecule has 0 aliphatic carbocycles. The summed E-state index contributed by atoms with van der Waals surface area (Å²) in [6.45, 7) is 3.61. The molecule has 168 valence electrons. The van der Waals surface area contributed by atoms with Gasteiger partial charge in [0, 0.05) is 26.2 Å². The monoisotopic (exact) mass is 473 g/mol. The molecule has 4 rings (SSSR count). The Morgan fingerprint density at radius 1 is 1.16 bits per heavy atom. The second-order valence-corrected chi connectivity index (χ2v) is 8.68. The molecule has 0 radical (unpaired) electrons. The molecule has 1 aliphatic heterocycles. The lowest BCUT2D eigenvalue weighted by molar-refractivity contribution is -0.113. The molecule has 11 heteroatoms. The number of thioether (sulfide) groups is 1. The first kappa shape index (κ1) is 22.4. The Morgan fingerprint density at radius 2 is 1.91 bits per heavy atom. The maximum atomic E-state index is 12.7. The van der Waals surface area contributed by atoms with Crippen LogP contribution in [-0.2, 0) is 4.79 Å². The van der Waals surface area contributed by atoms with Crippen molar-refractivity contribution in [1.29, 1.82) is 0 Å². The third-order valence-electron chi connectivity index (χ3n) is 5.17. The number of para-hydroxylation sites is 1. The summed E-state index contributed by atoms with van der Waals surface area (Å²) < 4.78 is 6.77. The molecule has 1 N–H and O–H groups in total. The van der Waals surface area contributed by atoms with Gasteiger partial charge in [0.2, 0.25) is 11.1 Å². The van der Waals surface area contributed by atoms with Crippen molar-refractivity contribution in [2.75, 3.05) is 56.3 Å². The van der Waals surface area contributed by atoms with Gasteiger partial charge in [-0.05, 0) is 53.9 Å². The smallest absolute Gasteiger partial charge is 0.234 e. The van der Waals surface area contributed by atoms with Crippen LogP contribution in [0.25, 0.3) is 5.69 Å². The number of nitrogens with one attached hydrogen (secondary N) is 1. The van der Waals surface area contributed by atoms with Gasteiger partial charge in [-0.15, -0.1) is 5.10 Å². The number of hydrogen-bond donors (Lipinski definition) is 1. The summed E-state index contributed by atoms with van der Waals surface area (Å²) in [6.07, 6.45) is 0. The van der Waals surface area contributed by atoms with E-state index in [0.29, 0.717) is 15.9 Å². The number of likely N-dealkylation sites (N-methyl/N-ethyl adjacent to an activating group) is 1. The summed E-state index contributed by atoms with van der Waals surface area (Å²) in [5.41, 5.74) is 2.36. The van der Waals surface area contributed by atoms with Gasteiger partial charge in [-0.25, -0.2) is 0 Å². The van der Waals surface area contributed by atoms with Crippen LogP contribution in [0, 0.1) is 0 Å². The average Bonchev–Trinajstić information content (AvgIpc) is 3.27. The molecule has 1 aliphatic rings. The SMILES string of the molecule is COc1ccc(-n2nnnc2SCC(=O)Nc2cccc(Cl)c2N2CCN(C)CC2)cc1. The Kier molecular flexibility index (Phi) is 7.13. The van der Waals surface area contributed by atoms with Crippen molar-refractivity contribution in [3.63, 3.8) is 0 Å². The lowest BCUT2D eigenvalue weighted by Crippen LogP contribution is -2.44. The number of piperazine rings is 1. The molecule has 1 amide bonds. The largest absolute Gasteiger partial charge is 0.497 e. The second-order valence-electron chi connectivity index (χ2n) is 7.33. The Morgan fingerprint density at radius 3 is 2.62 bits per heavy atom. The van der Waals surface area contributed by atoms with E-state index in [1.165, 1.54) is 11.8 Å². The fourth-order valence-corrected chi connectivity index (χ4v) is 4.42. The number of benzene rings is 2. The standard InChI is InChI=1S/C21H24ClN7O2S/c1-27-10-12-28(13-11-27)20-17(22)4-3-5-18(20)23-19(30)14-32-21-24-25-26-29(21)15-6-8-16(31-2)9-7-15/h3-9H,10-14H2,1-2H3,(H,23,30). The number of carbonyl (C=O) groups is 1. The number of halogens is 1. The maximum absolute atomic E-state index is 12.7. The highest BCUT2D eigenvalue weighted by Crippen LogP contribution is 2.34. The van der Waals surface area contributed by atoms with E-state index in [0.717, 1.165) is 43.3 Å². The lowest BCUT2D eigenvalue weighted by Gasteiger charge is -2.35. The molecule has 1 fully saturated rings. The van der Waals surface area contributed by atoms with E-state index in [2.05, 4.69) is 37.7 Å². The van der Waals surface area contributed by atoms with E-state index >= 15 is 0 Å². The van der Waals surface area contributed by atoms with E-state index in [-0.39, 0.29) is 11.7 Å². The first-order chi connectivity index (χ1) is 15.5. The lowest BCUT2D eigenvalue weighted by atomic mass is 10.2. The summed E-state index contributed by atoms with van der Waals surface area (Å²) >= 11 is 7.76. The van der Waals surface area contributed by atoms with Crippen LogP contribution in [0.15, 0.2) is 47.6 Å². The van der Waals surface area contributed by atoms with Crippen molar-refractivity contribution in [3.8, 4) is 11.4 Å². The number of aromatic nitrogens is 4. The topological polar surface area (TPSA) is 88.4 Å². The summed E-state index contributed by atoms with van der Waals surface area (Å²) in [5.74, 6) is 0.746. The molecule has 9 nitrogen and oxygen atoms in total. The Hall–Kier alpha value is -2.82. The van der Waals surface area contributed by atoms with E-state index in [1.807, 2.05) is 42.5 Å². The molecule has 3 aromatic rings. The van der Waals surface area contributed by atoms with Gasteiger partial charge >= 0.3 is 0 Å². The number of nitrogens with zero attached hydrogens (tertiary/aromatic N) is 6. The number of carbonyl (C=O) groups excluding carboxylic acids is 1. The van der Waals surface area contributed by atoms with E-state index < -0.39 is 0 Å². The van der Waals surface area contributed by atoms with Gasteiger partial charge in [-0.2, -0.15) is 4.68 Å². The number of amides is 1. The zero-order valence-corrected chi connectivity index (χ0v) is 19.4. The molecule has 1 aromatic heterocycles. The minimum atomic E-state index is -0.156. The Balaban J connectivity index is 1.42. The summed E-state index contributed by atoms with van der Waals surface area (Å²) in [7, 11) is 3.71.